The Morgan fingerprint density at radius 3 is 2.55 bits per heavy atom. The Bertz CT molecular complexity index is 1450. The van der Waals surface area contributed by atoms with E-state index in [9.17, 15) is 14.7 Å². The highest BCUT2D eigenvalue weighted by Gasteiger charge is 2.31. The number of aliphatic hydroxyl groups is 1. The van der Waals surface area contributed by atoms with Crippen LogP contribution in [0.25, 0.3) is 17.2 Å². The van der Waals surface area contributed by atoms with E-state index < -0.39 is 0 Å². The Balaban J connectivity index is 1.55. The molecule has 0 radical (unpaired) electrons. The number of thioether (sulfide) groups is 1. The molecule has 1 aliphatic rings. The molecule has 3 aromatic rings. The lowest BCUT2D eigenvalue weighted by molar-refractivity contribution is -0.122. The number of aryl methyl sites for hydroxylation is 1. The first-order valence-corrected chi connectivity index (χ1v) is 11.6. The number of hydrogen-bond donors (Lipinski definition) is 1. The number of carbonyl (C=O) groups excluding carboxylic acids is 1. The number of carbonyl (C=O) groups is 1. The fraction of sp³-hybridized carbons (Fsp3) is 0.227. The number of thiocarbonyl (C=S) groups is 1. The van der Waals surface area contributed by atoms with Crippen LogP contribution in [0.5, 0.6) is 0 Å². The van der Waals surface area contributed by atoms with Crippen molar-refractivity contribution < 1.29 is 9.90 Å². The number of nitrogens with zero attached hydrogens (tertiary/aromatic N) is 5. The average Bonchev–Trinajstić information content (AvgIpc) is 3.31. The lowest BCUT2D eigenvalue weighted by Gasteiger charge is -2.13. The monoisotopic (exact) mass is 499 g/mol. The van der Waals surface area contributed by atoms with Crippen LogP contribution < -0.4 is 5.69 Å². The van der Waals surface area contributed by atoms with Gasteiger partial charge < -0.3 is 9.67 Å². The number of aromatic nitrogens is 4. The van der Waals surface area contributed by atoms with Gasteiger partial charge in [-0.05, 0) is 17.2 Å². The zero-order valence-electron chi connectivity index (χ0n) is 18.0. The van der Waals surface area contributed by atoms with Crippen LogP contribution in [-0.2, 0) is 25.4 Å². The summed E-state index contributed by atoms with van der Waals surface area (Å²) in [6, 6.07) is 7.81. The first-order chi connectivity index (χ1) is 15.7. The van der Waals surface area contributed by atoms with E-state index in [4.69, 9.17) is 24.4 Å². The maximum atomic E-state index is 12.6. The minimum atomic E-state index is -0.214. The van der Waals surface area contributed by atoms with Gasteiger partial charge in [0.15, 0.2) is 5.65 Å². The molecule has 1 N–H and O–H groups in total. The van der Waals surface area contributed by atoms with Gasteiger partial charge in [0.25, 0.3) is 5.91 Å². The zero-order chi connectivity index (χ0) is 23.9. The Kier molecular flexibility index (Phi) is 6.37. The van der Waals surface area contributed by atoms with Crippen molar-refractivity contribution in [2.24, 2.45) is 14.1 Å². The van der Waals surface area contributed by atoms with E-state index in [1.165, 1.54) is 25.8 Å². The molecule has 1 saturated heterocycles. The molecule has 1 aliphatic heterocycles. The molecule has 0 saturated carbocycles. The number of benzene rings is 1. The van der Waals surface area contributed by atoms with Crippen molar-refractivity contribution in [2.45, 2.75) is 13.0 Å². The predicted molar refractivity (Wildman–Crippen MR) is 137 cm³/mol. The first kappa shape index (κ1) is 23.1. The molecule has 0 unspecified atom stereocenters. The Morgan fingerprint density at radius 1 is 1.18 bits per heavy atom. The largest absolute Gasteiger partial charge is 0.513 e. The van der Waals surface area contributed by atoms with E-state index in [-0.39, 0.29) is 23.8 Å². The van der Waals surface area contributed by atoms with E-state index in [1.807, 2.05) is 28.8 Å². The van der Waals surface area contributed by atoms with Crippen LogP contribution in [0.2, 0.25) is 0 Å². The van der Waals surface area contributed by atoms with E-state index in [0.717, 1.165) is 16.6 Å². The van der Waals surface area contributed by atoms with E-state index in [0.29, 0.717) is 32.6 Å². The Labute approximate surface area is 204 Å². The standard InChI is InChI=1S/C22H21N5O3S3/c1-13(28)8-9-27-19(29)16(33-22(27)32)10-14-4-6-15(7-5-14)11-26-12-23-18-17(26)20(31)25(3)21(30)24(18)2/h4-7,10,12,28H,1,8-9,11H2,2-3H3/b16-10-. The summed E-state index contributed by atoms with van der Waals surface area (Å²) in [6.45, 7) is 4.29. The summed E-state index contributed by atoms with van der Waals surface area (Å²) in [7, 11) is 3.33. The molecule has 0 bridgehead atoms. The molecule has 4 rings (SSSR count). The fourth-order valence-corrected chi connectivity index (χ4v) is 5.11. The van der Waals surface area contributed by atoms with Crippen LogP contribution in [-0.4, -0.2) is 45.5 Å². The maximum Gasteiger partial charge on any atom is 0.330 e. The molecule has 3 heterocycles. The van der Waals surface area contributed by atoms with Gasteiger partial charge in [0.2, 0.25) is 0 Å². The number of rotatable bonds is 6. The summed E-state index contributed by atoms with van der Waals surface area (Å²) < 4.78 is 5.75. The van der Waals surface area contributed by atoms with Gasteiger partial charge in [0.1, 0.15) is 14.5 Å². The van der Waals surface area contributed by atoms with Gasteiger partial charge in [-0.1, -0.05) is 67.0 Å². The van der Waals surface area contributed by atoms with Crippen molar-refractivity contribution in [3.05, 3.63) is 74.1 Å². The molecule has 0 atom stereocenters. The summed E-state index contributed by atoms with van der Waals surface area (Å²) in [4.78, 5) is 31.3. The van der Waals surface area contributed by atoms with Crippen molar-refractivity contribution in [3.63, 3.8) is 0 Å². The molecule has 2 aromatic heterocycles. The summed E-state index contributed by atoms with van der Waals surface area (Å²) in [6.07, 6.45) is 3.77. The Hall–Kier alpha value is -3.02. The van der Waals surface area contributed by atoms with Crippen LogP contribution in [0, 0.1) is 4.64 Å². The second-order valence-corrected chi connectivity index (χ2v) is 9.70. The molecule has 1 amide bonds. The topological polar surface area (TPSA) is 85.3 Å². The van der Waals surface area contributed by atoms with Crippen LogP contribution in [0.15, 0.2) is 52.6 Å². The minimum absolute atomic E-state index is 0.0217. The first-order valence-electron chi connectivity index (χ1n) is 9.99. The molecule has 1 aromatic carbocycles. The zero-order valence-corrected chi connectivity index (χ0v) is 20.5. The average molecular weight is 500 g/mol. The third kappa shape index (κ3) is 4.43. The molecule has 11 heteroatoms. The van der Waals surface area contributed by atoms with Crippen molar-refractivity contribution in [3.8, 4) is 0 Å². The number of imidazole rings is 1. The van der Waals surface area contributed by atoms with Crippen LogP contribution in [0.4, 0.5) is 0 Å². The lowest BCUT2D eigenvalue weighted by Crippen LogP contribution is -2.29. The van der Waals surface area contributed by atoms with Gasteiger partial charge in [-0.3, -0.25) is 18.8 Å². The second kappa shape index (κ2) is 9.08. The molecule has 0 spiro atoms. The van der Waals surface area contributed by atoms with Gasteiger partial charge >= 0.3 is 5.69 Å². The van der Waals surface area contributed by atoms with E-state index in [1.54, 1.807) is 26.5 Å². The normalized spacial score (nSPS) is 15.2. The van der Waals surface area contributed by atoms with Crippen LogP contribution in [0.3, 0.4) is 0 Å². The molecule has 170 valence electrons. The quantitative estimate of drug-likeness (QED) is 0.316. The summed E-state index contributed by atoms with van der Waals surface area (Å²) in [5, 5.41) is 9.29. The van der Waals surface area contributed by atoms with Crippen molar-refractivity contribution in [2.75, 3.05) is 6.54 Å². The molecule has 8 nitrogen and oxygen atoms in total. The fourth-order valence-electron chi connectivity index (χ4n) is 3.52. The number of aliphatic hydroxyl groups excluding tert-OH is 1. The maximum absolute atomic E-state index is 12.6. The predicted octanol–water partition coefficient (Wildman–Crippen LogP) is 3.51. The SMILES string of the molecule is C=C(O)CCN1C(=O)/C(=C/c2ccc(Cn3cnc4c3c(=S)n(C)c(=O)n4C)cc2)SC1=S. The number of hydrogen-bond acceptors (Lipinski definition) is 7. The summed E-state index contributed by atoms with van der Waals surface area (Å²) in [5.74, 6) is -0.148. The summed E-state index contributed by atoms with van der Waals surface area (Å²) >= 11 is 12.0. The van der Waals surface area contributed by atoms with Gasteiger partial charge in [0.05, 0.1) is 17.0 Å². The van der Waals surface area contributed by atoms with Gasteiger partial charge in [-0.2, -0.15) is 0 Å². The summed E-state index contributed by atoms with van der Waals surface area (Å²) in [5.41, 5.74) is 2.96. The molecular formula is C22H21N5O3S3. The number of fused-ring (bicyclic) bond motifs is 1. The van der Waals surface area contributed by atoms with Gasteiger partial charge in [-0.15, -0.1) is 0 Å². The highest BCUT2D eigenvalue weighted by Crippen LogP contribution is 2.32. The van der Waals surface area contributed by atoms with Crippen molar-refractivity contribution >= 4 is 63.7 Å². The van der Waals surface area contributed by atoms with E-state index >= 15 is 0 Å². The second-order valence-electron chi connectivity index (χ2n) is 7.64. The van der Waals surface area contributed by atoms with Gasteiger partial charge in [-0.25, -0.2) is 9.78 Å². The molecule has 1 fully saturated rings. The minimum Gasteiger partial charge on any atom is -0.513 e. The van der Waals surface area contributed by atoms with Gasteiger partial charge in [0, 0.05) is 33.6 Å². The lowest BCUT2D eigenvalue weighted by atomic mass is 10.1. The van der Waals surface area contributed by atoms with E-state index in [2.05, 4.69) is 11.6 Å². The van der Waals surface area contributed by atoms with Crippen LogP contribution in [0.1, 0.15) is 17.5 Å². The molecule has 0 aliphatic carbocycles. The Morgan fingerprint density at radius 2 is 1.88 bits per heavy atom. The van der Waals surface area contributed by atoms with Crippen LogP contribution >= 0.6 is 36.2 Å². The highest BCUT2D eigenvalue weighted by atomic mass is 32.2. The smallest absolute Gasteiger partial charge is 0.330 e. The molecule has 33 heavy (non-hydrogen) atoms. The highest BCUT2D eigenvalue weighted by molar-refractivity contribution is 8.26. The third-order valence-corrected chi connectivity index (χ3v) is 7.19. The molecular weight excluding hydrogens is 478 g/mol. The van der Waals surface area contributed by atoms with Crippen molar-refractivity contribution in [1.82, 2.24) is 23.6 Å². The number of amides is 1. The third-order valence-electron chi connectivity index (χ3n) is 5.35. The van der Waals surface area contributed by atoms with Crippen molar-refractivity contribution in [1.29, 1.82) is 0 Å².